The SMILES string of the molecule is Cc1ccc(NC(N)=NCCc2cc3ccccc3o2)cc1C.I. The van der Waals surface area contributed by atoms with Crippen molar-refractivity contribution in [1.82, 2.24) is 0 Å². The van der Waals surface area contributed by atoms with Gasteiger partial charge in [-0.05, 0) is 49.2 Å². The highest BCUT2D eigenvalue weighted by Crippen LogP contribution is 2.19. The predicted molar refractivity (Wildman–Crippen MR) is 111 cm³/mol. The lowest BCUT2D eigenvalue weighted by atomic mass is 10.1. The number of hydrogen-bond donors (Lipinski definition) is 2. The molecule has 0 fully saturated rings. The molecule has 1 aromatic heterocycles. The highest BCUT2D eigenvalue weighted by atomic mass is 127. The van der Waals surface area contributed by atoms with Crippen LogP contribution in [0.25, 0.3) is 11.0 Å². The number of hydrogen-bond acceptors (Lipinski definition) is 2. The van der Waals surface area contributed by atoms with Gasteiger partial charge in [-0.2, -0.15) is 0 Å². The summed E-state index contributed by atoms with van der Waals surface area (Å²) >= 11 is 0. The predicted octanol–water partition coefficient (Wildman–Crippen LogP) is 4.64. The molecule has 0 unspecified atom stereocenters. The summed E-state index contributed by atoms with van der Waals surface area (Å²) < 4.78 is 5.77. The van der Waals surface area contributed by atoms with Crippen LogP contribution in [0.2, 0.25) is 0 Å². The first-order valence-corrected chi connectivity index (χ1v) is 7.73. The number of para-hydroxylation sites is 1. The number of guanidine groups is 1. The van der Waals surface area contributed by atoms with Crippen LogP contribution in [-0.2, 0) is 6.42 Å². The topological polar surface area (TPSA) is 63.5 Å². The number of furan rings is 1. The maximum atomic E-state index is 5.94. The van der Waals surface area contributed by atoms with Crippen LogP contribution < -0.4 is 11.1 Å². The fourth-order valence-corrected chi connectivity index (χ4v) is 2.45. The van der Waals surface area contributed by atoms with Crippen LogP contribution in [0.4, 0.5) is 5.69 Å². The van der Waals surface area contributed by atoms with E-state index in [9.17, 15) is 0 Å². The molecule has 0 aliphatic rings. The van der Waals surface area contributed by atoms with Gasteiger partial charge in [-0.3, -0.25) is 4.99 Å². The zero-order chi connectivity index (χ0) is 16.2. The van der Waals surface area contributed by atoms with E-state index in [0.29, 0.717) is 12.5 Å². The first-order chi connectivity index (χ1) is 11.1. The zero-order valence-corrected chi connectivity index (χ0v) is 16.2. The number of nitrogens with two attached hydrogens (primary N) is 1. The minimum absolute atomic E-state index is 0. The van der Waals surface area contributed by atoms with Crippen LogP contribution in [0, 0.1) is 13.8 Å². The summed E-state index contributed by atoms with van der Waals surface area (Å²) in [6.45, 7) is 4.75. The zero-order valence-electron chi connectivity index (χ0n) is 13.9. The number of nitrogens with one attached hydrogen (secondary N) is 1. The van der Waals surface area contributed by atoms with Crippen LogP contribution in [-0.4, -0.2) is 12.5 Å². The number of aliphatic imine (C=N–C) groups is 1. The molecule has 0 aliphatic carbocycles. The normalized spacial score (nSPS) is 11.3. The van der Waals surface area contributed by atoms with E-state index in [0.717, 1.165) is 28.8 Å². The molecule has 0 atom stereocenters. The van der Waals surface area contributed by atoms with E-state index in [-0.39, 0.29) is 24.0 Å². The van der Waals surface area contributed by atoms with E-state index < -0.39 is 0 Å². The lowest BCUT2D eigenvalue weighted by Gasteiger charge is -2.07. The Morgan fingerprint density at radius 3 is 2.62 bits per heavy atom. The first kappa shape index (κ1) is 18.3. The monoisotopic (exact) mass is 435 g/mol. The minimum Gasteiger partial charge on any atom is -0.461 e. The van der Waals surface area contributed by atoms with Gasteiger partial charge in [0.15, 0.2) is 5.96 Å². The highest BCUT2D eigenvalue weighted by molar-refractivity contribution is 14.0. The van der Waals surface area contributed by atoms with Gasteiger partial charge in [-0.1, -0.05) is 24.3 Å². The number of nitrogens with zero attached hydrogens (tertiary/aromatic N) is 1. The Morgan fingerprint density at radius 1 is 1.08 bits per heavy atom. The lowest BCUT2D eigenvalue weighted by Crippen LogP contribution is -2.23. The Hall–Kier alpha value is -2.02. The average molecular weight is 435 g/mol. The van der Waals surface area contributed by atoms with Gasteiger partial charge in [0, 0.05) is 24.0 Å². The third-order valence-electron chi connectivity index (χ3n) is 3.90. The number of aryl methyl sites for hydroxylation is 2. The van der Waals surface area contributed by atoms with Gasteiger partial charge < -0.3 is 15.5 Å². The van der Waals surface area contributed by atoms with Crippen molar-refractivity contribution in [1.29, 1.82) is 0 Å². The number of rotatable bonds is 4. The fraction of sp³-hybridized carbons (Fsp3) is 0.211. The summed E-state index contributed by atoms with van der Waals surface area (Å²) in [4.78, 5) is 4.36. The molecule has 24 heavy (non-hydrogen) atoms. The van der Waals surface area contributed by atoms with Crippen LogP contribution in [0.3, 0.4) is 0 Å². The summed E-state index contributed by atoms with van der Waals surface area (Å²) in [7, 11) is 0. The maximum absolute atomic E-state index is 5.94. The van der Waals surface area contributed by atoms with Gasteiger partial charge in [0.1, 0.15) is 11.3 Å². The van der Waals surface area contributed by atoms with Crippen molar-refractivity contribution in [2.24, 2.45) is 10.7 Å². The molecule has 2 aromatic carbocycles. The second-order valence-corrected chi connectivity index (χ2v) is 5.69. The third-order valence-corrected chi connectivity index (χ3v) is 3.90. The van der Waals surface area contributed by atoms with E-state index in [1.807, 2.05) is 30.3 Å². The molecule has 0 bridgehead atoms. The number of benzene rings is 2. The van der Waals surface area contributed by atoms with Crippen molar-refractivity contribution in [3.63, 3.8) is 0 Å². The van der Waals surface area contributed by atoms with E-state index in [1.165, 1.54) is 11.1 Å². The quantitative estimate of drug-likeness (QED) is 0.357. The number of anilines is 1. The van der Waals surface area contributed by atoms with Crippen LogP contribution in [0.1, 0.15) is 16.9 Å². The standard InChI is InChI=1S/C19H21N3O.HI/c1-13-7-8-16(11-14(13)2)22-19(20)21-10-9-17-12-15-5-3-4-6-18(15)23-17;/h3-8,11-12H,9-10H2,1-2H3,(H3,20,21,22);1H. The van der Waals surface area contributed by atoms with Crippen molar-refractivity contribution in [2.45, 2.75) is 20.3 Å². The minimum atomic E-state index is 0. The molecular formula is C19H22IN3O. The first-order valence-electron chi connectivity index (χ1n) is 7.73. The van der Waals surface area contributed by atoms with Crippen molar-refractivity contribution in [2.75, 3.05) is 11.9 Å². The van der Waals surface area contributed by atoms with Gasteiger partial charge >= 0.3 is 0 Å². The molecule has 5 heteroatoms. The summed E-state index contributed by atoms with van der Waals surface area (Å²) in [5.41, 5.74) is 10.3. The van der Waals surface area contributed by atoms with E-state index >= 15 is 0 Å². The van der Waals surface area contributed by atoms with Gasteiger partial charge in [0.2, 0.25) is 0 Å². The number of halogens is 1. The molecule has 0 radical (unpaired) electrons. The molecule has 0 spiro atoms. The summed E-state index contributed by atoms with van der Waals surface area (Å²) in [6.07, 6.45) is 0.726. The summed E-state index contributed by atoms with van der Waals surface area (Å²) in [5, 5.41) is 4.24. The Labute approximate surface area is 159 Å². The van der Waals surface area contributed by atoms with Gasteiger partial charge in [-0.25, -0.2) is 0 Å². The summed E-state index contributed by atoms with van der Waals surface area (Å²) in [5.74, 6) is 1.35. The van der Waals surface area contributed by atoms with E-state index in [4.69, 9.17) is 10.2 Å². The van der Waals surface area contributed by atoms with Crippen LogP contribution in [0.15, 0.2) is 57.9 Å². The Morgan fingerprint density at radius 2 is 1.88 bits per heavy atom. The van der Waals surface area contributed by atoms with Crippen molar-refractivity contribution in [3.05, 3.63) is 65.4 Å². The molecule has 0 amide bonds. The lowest BCUT2D eigenvalue weighted by molar-refractivity contribution is 0.550. The van der Waals surface area contributed by atoms with Crippen molar-refractivity contribution < 1.29 is 4.42 Å². The Balaban J connectivity index is 0.00000208. The van der Waals surface area contributed by atoms with Gasteiger partial charge in [0.05, 0.1) is 0 Å². The van der Waals surface area contributed by atoms with E-state index in [2.05, 4.69) is 42.4 Å². The van der Waals surface area contributed by atoms with Gasteiger partial charge in [0.25, 0.3) is 0 Å². The maximum Gasteiger partial charge on any atom is 0.193 e. The molecule has 0 saturated heterocycles. The van der Waals surface area contributed by atoms with Crippen LogP contribution in [0.5, 0.6) is 0 Å². The fourth-order valence-electron chi connectivity index (χ4n) is 2.45. The average Bonchev–Trinajstić information content (AvgIpc) is 2.93. The Kier molecular flexibility index (Phi) is 6.25. The van der Waals surface area contributed by atoms with Gasteiger partial charge in [-0.15, -0.1) is 24.0 Å². The molecule has 0 aliphatic heterocycles. The number of fused-ring (bicyclic) bond motifs is 1. The third kappa shape index (κ3) is 4.50. The second kappa shape index (κ2) is 8.19. The van der Waals surface area contributed by atoms with E-state index in [1.54, 1.807) is 0 Å². The molecule has 1 heterocycles. The molecule has 3 rings (SSSR count). The Bertz CT molecular complexity index is 822. The molecule has 3 aromatic rings. The highest BCUT2D eigenvalue weighted by Gasteiger charge is 2.03. The molecular weight excluding hydrogens is 413 g/mol. The smallest absolute Gasteiger partial charge is 0.193 e. The largest absolute Gasteiger partial charge is 0.461 e. The van der Waals surface area contributed by atoms with Crippen molar-refractivity contribution >= 4 is 46.6 Å². The molecule has 3 N–H and O–H groups in total. The molecule has 0 saturated carbocycles. The van der Waals surface area contributed by atoms with Crippen LogP contribution >= 0.6 is 24.0 Å². The van der Waals surface area contributed by atoms with Crippen molar-refractivity contribution in [3.8, 4) is 0 Å². The molecule has 126 valence electrons. The molecule has 4 nitrogen and oxygen atoms in total. The summed E-state index contributed by atoms with van der Waals surface area (Å²) in [6, 6.07) is 16.2. The second-order valence-electron chi connectivity index (χ2n) is 5.69.